The summed E-state index contributed by atoms with van der Waals surface area (Å²) in [5, 5.41) is 0. The second-order valence-electron chi connectivity index (χ2n) is 5.27. The number of ether oxygens (including phenoxy) is 3. The first kappa shape index (κ1) is 20.4. The van der Waals surface area contributed by atoms with Gasteiger partial charge in [-0.1, -0.05) is 0 Å². The SMILES string of the molecule is CCOc1ccc(C(=O)NNC(=O)CSc2ccc(OC)cc2)cc1OC. The highest BCUT2D eigenvalue weighted by Crippen LogP contribution is 2.28. The van der Waals surface area contributed by atoms with E-state index in [2.05, 4.69) is 10.9 Å². The van der Waals surface area contributed by atoms with Crippen LogP contribution in [0.5, 0.6) is 17.2 Å². The number of benzene rings is 2. The predicted octanol–water partition coefficient (Wildman–Crippen LogP) is 2.66. The molecule has 0 atom stereocenters. The van der Waals surface area contributed by atoms with Crippen LogP contribution in [0, 0.1) is 0 Å². The molecule has 7 nitrogen and oxygen atoms in total. The van der Waals surface area contributed by atoms with Gasteiger partial charge >= 0.3 is 0 Å². The fourth-order valence-corrected chi connectivity index (χ4v) is 2.84. The predicted molar refractivity (Wildman–Crippen MR) is 103 cm³/mol. The quantitative estimate of drug-likeness (QED) is 0.532. The molecule has 2 aromatic rings. The molecule has 8 heteroatoms. The van der Waals surface area contributed by atoms with E-state index in [0.717, 1.165) is 10.6 Å². The number of methoxy groups -OCH3 is 2. The van der Waals surface area contributed by atoms with Crippen molar-refractivity contribution in [2.24, 2.45) is 0 Å². The summed E-state index contributed by atoms with van der Waals surface area (Å²) in [6.45, 7) is 2.35. The molecule has 2 amide bonds. The average molecular weight is 390 g/mol. The highest BCUT2D eigenvalue weighted by Gasteiger charge is 2.12. The van der Waals surface area contributed by atoms with E-state index in [-0.39, 0.29) is 11.7 Å². The number of carbonyl (C=O) groups is 2. The fourth-order valence-electron chi connectivity index (χ4n) is 2.14. The lowest BCUT2D eigenvalue weighted by atomic mass is 10.2. The van der Waals surface area contributed by atoms with Crippen LogP contribution in [0.3, 0.4) is 0 Å². The van der Waals surface area contributed by atoms with Crippen LogP contribution < -0.4 is 25.1 Å². The largest absolute Gasteiger partial charge is 0.497 e. The molecule has 0 aliphatic carbocycles. The van der Waals surface area contributed by atoms with E-state index in [1.807, 2.05) is 31.2 Å². The van der Waals surface area contributed by atoms with E-state index in [9.17, 15) is 9.59 Å². The molecule has 0 saturated heterocycles. The standard InChI is InChI=1S/C19H22N2O5S/c1-4-26-16-10-5-13(11-17(16)25-3)19(23)21-20-18(22)12-27-15-8-6-14(24-2)7-9-15/h5-11H,4,12H2,1-3H3,(H,20,22)(H,21,23). The number of hydrogen-bond acceptors (Lipinski definition) is 6. The summed E-state index contributed by atoms with van der Waals surface area (Å²) in [5.74, 6) is 1.16. The molecule has 2 N–H and O–H groups in total. The van der Waals surface area contributed by atoms with Crippen LogP contribution >= 0.6 is 11.8 Å². The van der Waals surface area contributed by atoms with Crippen molar-refractivity contribution < 1.29 is 23.8 Å². The van der Waals surface area contributed by atoms with Crippen LogP contribution in [0.15, 0.2) is 47.4 Å². The Bertz CT molecular complexity index is 780. The number of rotatable bonds is 8. The Morgan fingerprint density at radius 1 is 0.963 bits per heavy atom. The number of hydrogen-bond donors (Lipinski definition) is 2. The van der Waals surface area contributed by atoms with Gasteiger partial charge in [0, 0.05) is 10.5 Å². The van der Waals surface area contributed by atoms with Gasteiger partial charge in [0.15, 0.2) is 11.5 Å². The third-order valence-electron chi connectivity index (χ3n) is 3.47. The summed E-state index contributed by atoms with van der Waals surface area (Å²) in [6, 6.07) is 12.2. The fraction of sp³-hybridized carbons (Fsp3) is 0.263. The summed E-state index contributed by atoms with van der Waals surface area (Å²) in [6.07, 6.45) is 0. The highest BCUT2D eigenvalue weighted by molar-refractivity contribution is 8.00. The van der Waals surface area contributed by atoms with Gasteiger partial charge in [0.05, 0.1) is 26.6 Å². The van der Waals surface area contributed by atoms with Crippen molar-refractivity contribution in [3.63, 3.8) is 0 Å². The molecule has 2 rings (SSSR count). The average Bonchev–Trinajstić information content (AvgIpc) is 2.71. The summed E-state index contributed by atoms with van der Waals surface area (Å²) in [7, 11) is 3.09. The summed E-state index contributed by atoms with van der Waals surface area (Å²) >= 11 is 1.35. The molecular weight excluding hydrogens is 368 g/mol. The second kappa shape index (κ2) is 10.3. The van der Waals surface area contributed by atoms with Crippen LogP contribution in [-0.2, 0) is 4.79 Å². The molecule has 0 aromatic heterocycles. The van der Waals surface area contributed by atoms with Gasteiger partial charge in [-0.3, -0.25) is 20.4 Å². The van der Waals surface area contributed by atoms with E-state index in [4.69, 9.17) is 14.2 Å². The Kier molecular flexibility index (Phi) is 7.81. The lowest BCUT2D eigenvalue weighted by Crippen LogP contribution is -2.42. The molecular formula is C19H22N2O5S. The van der Waals surface area contributed by atoms with Gasteiger partial charge in [-0.15, -0.1) is 11.8 Å². The number of carbonyl (C=O) groups excluding carboxylic acids is 2. The first-order chi connectivity index (χ1) is 13.1. The molecule has 0 fully saturated rings. The minimum absolute atomic E-state index is 0.166. The minimum atomic E-state index is -0.445. The van der Waals surface area contributed by atoms with Crippen molar-refractivity contribution in [1.29, 1.82) is 0 Å². The Hall–Kier alpha value is -2.87. The van der Waals surface area contributed by atoms with Crippen LogP contribution in [0.25, 0.3) is 0 Å². The maximum absolute atomic E-state index is 12.2. The van der Waals surface area contributed by atoms with E-state index in [1.165, 1.54) is 18.9 Å². The molecule has 144 valence electrons. The van der Waals surface area contributed by atoms with Crippen LogP contribution in [-0.4, -0.2) is 38.4 Å². The monoisotopic (exact) mass is 390 g/mol. The Morgan fingerprint density at radius 2 is 1.70 bits per heavy atom. The maximum Gasteiger partial charge on any atom is 0.269 e. The van der Waals surface area contributed by atoms with E-state index in [0.29, 0.717) is 23.7 Å². The van der Waals surface area contributed by atoms with Gasteiger partial charge in [-0.05, 0) is 49.4 Å². The molecule has 0 heterocycles. The summed E-state index contributed by atoms with van der Waals surface area (Å²) in [5.41, 5.74) is 5.13. The van der Waals surface area contributed by atoms with E-state index >= 15 is 0 Å². The zero-order valence-electron chi connectivity index (χ0n) is 15.4. The zero-order chi connectivity index (χ0) is 19.6. The number of hydrazine groups is 1. The Morgan fingerprint density at radius 3 is 2.33 bits per heavy atom. The number of thioether (sulfide) groups is 1. The van der Waals surface area contributed by atoms with Crippen molar-refractivity contribution in [1.82, 2.24) is 10.9 Å². The minimum Gasteiger partial charge on any atom is -0.497 e. The normalized spacial score (nSPS) is 10.0. The zero-order valence-corrected chi connectivity index (χ0v) is 16.2. The molecule has 0 unspecified atom stereocenters. The van der Waals surface area contributed by atoms with Crippen LogP contribution in [0.4, 0.5) is 0 Å². The number of amides is 2. The first-order valence-electron chi connectivity index (χ1n) is 8.24. The number of nitrogens with one attached hydrogen (secondary N) is 2. The lowest BCUT2D eigenvalue weighted by Gasteiger charge is -2.11. The lowest BCUT2D eigenvalue weighted by molar-refractivity contribution is -0.119. The van der Waals surface area contributed by atoms with Gasteiger partial charge in [-0.2, -0.15) is 0 Å². The van der Waals surface area contributed by atoms with Crippen molar-refractivity contribution >= 4 is 23.6 Å². The van der Waals surface area contributed by atoms with E-state index in [1.54, 1.807) is 25.3 Å². The van der Waals surface area contributed by atoms with Crippen molar-refractivity contribution in [3.8, 4) is 17.2 Å². The highest BCUT2D eigenvalue weighted by atomic mass is 32.2. The molecule has 27 heavy (non-hydrogen) atoms. The van der Waals surface area contributed by atoms with E-state index < -0.39 is 5.91 Å². The van der Waals surface area contributed by atoms with Gasteiger partial charge in [-0.25, -0.2) is 0 Å². The Balaban J connectivity index is 1.84. The summed E-state index contributed by atoms with van der Waals surface area (Å²) in [4.78, 5) is 25.0. The molecule has 0 bridgehead atoms. The molecule has 0 aliphatic heterocycles. The van der Waals surface area contributed by atoms with Crippen LogP contribution in [0.1, 0.15) is 17.3 Å². The first-order valence-corrected chi connectivity index (χ1v) is 9.22. The van der Waals surface area contributed by atoms with Crippen molar-refractivity contribution in [2.45, 2.75) is 11.8 Å². The third-order valence-corrected chi connectivity index (χ3v) is 4.48. The van der Waals surface area contributed by atoms with Gasteiger partial charge in [0.25, 0.3) is 5.91 Å². The molecule has 0 aliphatic rings. The molecule has 2 aromatic carbocycles. The maximum atomic E-state index is 12.2. The van der Waals surface area contributed by atoms with Crippen molar-refractivity contribution in [2.75, 3.05) is 26.6 Å². The van der Waals surface area contributed by atoms with Crippen molar-refractivity contribution in [3.05, 3.63) is 48.0 Å². The molecule has 0 radical (unpaired) electrons. The van der Waals surface area contributed by atoms with Gasteiger partial charge in [0.1, 0.15) is 5.75 Å². The summed E-state index contributed by atoms with van der Waals surface area (Å²) < 4.78 is 15.7. The smallest absolute Gasteiger partial charge is 0.269 e. The molecule has 0 saturated carbocycles. The Labute approximate surface area is 162 Å². The third kappa shape index (κ3) is 6.10. The second-order valence-corrected chi connectivity index (χ2v) is 6.31. The van der Waals surface area contributed by atoms with Crippen LogP contribution in [0.2, 0.25) is 0 Å². The molecule has 0 spiro atoms. The van der Waals surface area contributed by atoms with Gasteiger partial charge in [0.2, 0.25) is 5.91 Å². The topological polar surface area (TPSA) is 85.9 Å². The van der Waals surface area contributed by atoms with Gasteiger partial charge < -0.3 is 14.2 Å².